The Bertz CT molecular complexity index is 662. The number of aromatic nitrogens is 1. The summed E-state index contributed by atoms with van der Waals surface area (Å²) in [6, 6.07) is 9.84. The number of anilines is 2. The van der Waals surface area contributed by atoms with Crippen LogP contribution in [-0.2, 0) is 12.8 Å². The van der Waals surface area contributed by atoms with E-state index in [0.29, 0.717) is 11.4 Å². The first-order valence-corrected chi connectivity index (χ1v) is 6.80. The highest BCUT2D eigenvalue weighted by Gasteiger charge is 2.18. The van der Waals surface area contributed by atoms with E-state index < -0.39 is 5.91 Å². The number of carbonyl (C=O) groups is 1. The number of pyridine rings is 1. The van der Waals surface area contributed by atoms with Crippen LogP contribution in [0.25, 0.3) is 0 Å². The van der Waals surface area contributed by atoms with E-state index in [-0.39, 0.29) is 0 Å². The maximum absolute atomic E-state index is 11.6. The summed E-state index contributed by atoms with van der Waals surface area (Å²) < 4.78 is 0. The molecule has 0 fully saturated rings. The molecule has 102 valence electrons. The smallest absolute Gasteiger partial charge is 0.252 e. The number of aryl methyl sites for hydroxylation is 3. The highest BCUT2D eigenvalue weighted by atomic mass is 16.1. The van der Waals surface area contributed by atoms with Crippen molar-refractivity contribution in [2.24, 2.45) is 5.73 Å². The van der Waals surface area contributed by atoms with Crippen molar-refractivity contribution >= 4 is 17.4 Å². The average Bonchev–Trinajstić information content (AvgIpc) is 2.87. The third kappa shape index (κ3) is 2.37. The fourth-order valence-corrected chi connectivity index (χ4v) is 2.53. The molecule has 4 nitrogen and oxygen atoms in total. The van der Waals surface area contributed by atoms with Crippen molar-refractivity contribution in [3.63, 3.8) is 0 Å². The van der Waals surface area contributed by atoms with Crippen LogP contribution in [0.2, 0.25) is 0 Å². The van der Waals surface area contributed by atoms with E-state index >= 15 is 0 Å². The zero-order valence-corrected chi connectivity index (χ0v) is 11.4. The van der Waals surface area contributed by atoms with Crippen LogP contribution in [0.3, 0.4) is 0 Å². The van der Waals surface area contributed by atoms with Crippen molar-refractivity contribution < 1.29 is 4.79 Å². The van der Waals surface area contributed by atoms with Gasteiger partial charge in [0.1, 0.15) is 5.82 Å². The molecule has 1 aromatic carbocycles. The number of rotatable bonds is 3. The molecule has 0 aliphatic heterocycles. The molecule has 0 bridgehead atoms. The van der Waals surface area contributed by atoms with Crippen LogP contribution in [0.15, 0.2) is 30.3 Å². The van der Waals surface area contributed by atoms with Crippen molar-refractivity contribution in [1.29, 1.82) is 0 Å². The molecule has 4 heteroatoms. The highest BCUT2D eigenvalue weighted by molar-refractivity contribution is 5.98. The van der Waals surface area contributed by atoms with Crippen molar-refractivity contribution in [2.75, 3.05) is 5.32 Å². The number of hydrogen-bond donors (Lipinski definition) is 2. The summed E-state index contributed by atoms with van der Waals surface area (Å²) >= 11 is 0. The van der Waals surface area contributed by atoms with Crippen LogP contribution in [0, 0.1) is 6.92 Å². The van der Waals surface area contributed by atoms with Gasteiger partial charge in [-0.1, -0.05) is 17.7 Å². The van der Waals surface area contributed by atoms with Gasteiger partial charge in [-0.2, -0.15) is 0 Å². The molecule has 3 N–H and O–H groups in total. The number of nitrogens with zero attached hydrogens (tertiary/aromatic N) is 1. The van der Waals surface area contributed by atoms with Crippen molar-refractivity contribution in [2.45, 2.75) is 26.2 Å². The molecule has 0 saturated heterocycles. The summed E-state index contributed by atoms with van der Waals surface area (Å²) in [6.45, 7) is 2.03. The molecule has 0 unspecified atom stereocenters. The molecule has 0 radical (unpaired) electrons. The third-order valence-electron chi connectivity index (χ3n) is 3.63. The first-order valence-electron chi connectivity index (χ1n) is 6.80. The van der Waals surface area contributed by atoms with Gasteiger partial charge < -0.3 is 11.1 Å². The van der Waals surface area contributed by atoms with Crippen molar-refractivity contribution in [3.05, 3.63) is 52.7 Å². The van der Waals surface area contributed by atoms with Crippen LogP contribution in [0.1, 0.15) is 33.6 Å². The summed E-state index contributed by atoms with van der Waals surface area (Å²) in [7, 11) is 0. The second kappa shape index (κ2) is 4.96. The van der Waals surface area contributed by atoms with Gasteiger partial charge in [-0.15, -0.1) is 0 Å². The van der Waals surface area contributed by atoms with Gasteiger partial charge in [0.15, 0.2) is 0 Å². The average molecular weight is 267 g/mol. The van der Waals surface area contributed by atoms with Gasteiger partial charge in [-0.3, -0.25) is 4.79 Å². The van der Waals surface area contributed by atoms with Crippen LogP contribution in [0.5, 0.6) is 0 Å². The number of amides is 1. The Morgan fingerprint density at radius 1 is 1.25 bits per heavy atom. The summed E-state index contributed by atoms with van der Waals surface area (Å²) in [5, 5.41) is 3.20. The lowest BCUT2D eigenvalue weighted by Crippen LogP contribution is -2.15. The van der Waals surface area contributed by atoms with E-state index in [1.165, 1.54) is 5.56 Å². The molecule has 0 spiro atoms. The van der Waals surface area contributed by atoms with Gasteiger partial charge >= 0.3 is 0 Å². The minimum atomic E-state index is -0.443. The number of benzene rings is 1. The molecule has 1 aliphatic carbocycles. The SMILES string of the molecule is Cc1ccc(Nc2nc3c(cc2C(N)=O)CCC3)cc1. The Morgan fingerprint density at radius 3 is 2.70 bits per heavy atom. The van der Waals surface area contributed by atoms with E-state index in [1.807, 2.05) is 37.3 Å². The second-order valence-corrected chi connectivity index (χ2v) is 5.20. The molecule has 1 heterocycles. The lowest BCUT2D eigenvalue weighted by atomic mass is 10.1. The largest absolute Gasteiger partial charge is 0.365 e. The van der Waals surface area contributed by atoms with Crippen LogP contribution in [-0.4, -0.2) is 10.9 Å². The summed E-state index contributed by atoms with van der Waals surface area (Å²) in [6.07, 6.45) is 3.04. The van der Waals surface area contributed by atoms with Crippen molar-refractivity contribution in [1.82, 2.24) is 4.98 Å². The van der Waals surface area contributed by atoms with Gasteiger partial charge in [0.25, 0.3) is 5.91 Å². The topological polar surface area (TPSA) is 68.0 Å². The Balaban J connectivity index is 1.99. The third-order valence-corrected chi connectivity index (χ3v) is 3.63. The molecule has 1 amide bonds. The van der Waals surface area contributed by atoms with Crippen LogP contribution >= 0.6 is 0 Å². The number of fused-ring (bicyclic) bond motifs is 1. The fourth-order valence-electron chi connectivity index (χ4n) is 2.53. The maximum atomic E-state index is 11.6. The highest BCUT2D eigenvalue weighted by Crippen LogP contribution is 2.27. The number of hydrogen-bond acceptors (Lipinski definition) is 3. The standard InChI is InChI=1S/C16H17N3O/c1-10-5-7-12(8-6-10)18-16-13(15(17)20)9-11-3-2-4-14(11)19-16/h5-9H,2-4H2,1H3,(H2,17,20)(H,18,19). The Morgan fingerprint density at radius 2 is 2.00 bits per heavy atom. The van der Waals surface area contributed by atoms with E-state index in [4.69, 9.17) is 5.73 Å². The van der Waals surface area contributed by atoms with Gasteiger partial charge in [0, 0.05) is 11.4 Å². The van der Waals surface area contributed by atoms with Gasteiger partial charge in [-0.25, -0.2) is 4.98 Å². The lowest BCUT2D eigenvalue weighted by molar-refractivity contribution is 0.100. The first kappa shape index (κ1) is 12.7. The minimum Gasteiger partial charge on any atom is -0.365 e. The van der Waals surface area contributed by atoms with Gasteiger partial charge in [0.2, 0.25) is 0 Å². The zero-order valence-electron chi connectivity index (χ0n) is 11.4. The summed E-state index contributed by atoms with van der Waals surface area (Å²) in [4.78, 5) is 16.2. The summed E-state index contributed by atoms with van der Waals surface area (Å²) in [5.41, 5.74) is 10.2. The predicted octanol–water partition coefficient (Wildman–Crippen LogP) is 2.72. The maximum Gasteiger partial charge on any atom is 0.252 e. The number of primary amides is 1. The Hall–Kier alpha value is -2.36. The number of carbonyl (C=O) groups excluding carboxylic acids is 1. The second-order valence-electron chi connectivity index (χ2n) is 5.20. The molecular weight excluding hydrogens is 250 g/mol. The minimum absolute atomic E-state index is 0.443. The van der Waals surface area contributed by atoms with E-state index in [0.717, 1.165) is 36.2 Å². The predicted molar refractivity (Wildman–Crippen MR) is 79.2 cm³/mol. The summed E-state index contributed by atoms with van der Waals surface area (Å²) in [5.74, 6) is 0.115. The quantitative estimate of drug-likeness (QED) is 0.898. The Labute approximate surface area is 118 Å². The normalized spacial score (nSPS) is 13.1. The van der Waals surface area contributed by atoms with Gasteiger partial charge in [-0.05, 0) is 49.9 Å². The van der Waals surface area contributed by atoms with Crippen molar-refractivity contribution in [3.8, 4) is 0 Å². The van der Waals surface area contributed by atoms with Gasteiger partial charge in [0.05, 0.1) is 5.56 Å². The van der Waals surface area contributed by atoms with E-state index in [2.05, 4.69) is 10.3 Å². The van der Waals surface area contributed by atoms with Crippen LogP contribution in [0.4, 0.5) is 11.5 Å². The molecule has 20 heavy (non-hydrogen) atoms. The molecule has 0 saturated carbocycles. The lowest BCUT2D eigenvalue weighted by Gasteiger charge is -2.11. The number of nitrogens with one attached hydrogen (secondary N) is 1. The molecule has 1 aromatic heterocycles. The van der Waals surface area contributed by atoms with Crippen LogP contribution < -0.4 is 11.1 Å². The zero-order chi connectivity index (χ0) is 14.1. The first-order chi connectivity index (χ1) is 9.63. The Kier molecular flexibility index (Phi) is 3.14. The molecule has 1 aliphatic rings. The molecule has 2 aromatic rings. The number of nitrogens with two attached hydrogens (primary N) is 1. The monoisotopic (exact) mass is 267 g/mol. The molecular formula is C16H17N3O. The fraction of sp³-hybridized carbons (Fsp3) is 0.250. The van der Waals surface area contributed by atoms with E-state index in [1.54, 1.807) is 0 Å². The van der Waals surface area contributed by atoms with E-state index in [9.17, 15) is 4.79 Å². The molecule has 3 rings (SSSR count). The molecule has 0 atom stereocenters.